The Morgan fingerprint density at radius 3 is 2.58 bits per heavy atom. The molecule has 0 atom stereocenters. The summed E-state index contributed by atoms with van der Waals surface area (Å²) in [6.07, 6.45) is 4.88. The number of primary amides is 1. The number of furan rings is 1. The normalized spacial score (nSPS) is 15.2. The van der Waals surface area contributed by atoms with E-state index in [-0.39, 0.29) is 11.9 Å². The van der Waals surface area contributed by atoms with E-state index < -0.39 is 11.5 Å². The highest BCUT2D eigenvalue weighted by Gasteiger charge is 2.24. The van der Waals surface area contributed by atoms with Crippen LogP contribution in [0.3, 0.4) is 0 Å². The van der Waals surface area contributed by atoms with E-state index in [0.29, 0.717) is 18.7 Å². The van der Waals surface area contributed by atoms with Crippen molar-refractivity contribution in [2.75, 3.05) is 13.1 Å². The monoisotopic (exact) mass is 357 g/mol. The van der Waals surface area contributed by atoms with E-state index in [4.69, 9.17) is 14.9 Å². The summed E-state index contributed by atoms with van der Waals surface area (Å²) in [5.41, 5.74) is 7.28. The molecule has 2 aromatic heterocycles. The van der Waals surface area contributed by atoms with E-state index in [0.717, 1.165) is 23.9 Å². The summed E-state index contributed by atoms with van der Waals surface area (Å²) >= 11 is 0. The first-order valence-corrected chi connectivity index (χ1v) is 8.58. The molecular formula is C19H23N3O4. The molecule has 2 aromatic rings. The number of nitrogens with two attached hydrogens (primary N) is 1. The van der Waals surface area contributed by atoms with Gasteiger partial charge in [0.15, 0.2) is 11.3 Å². The van der Waals surface area contributed by atoms with E-state index in [1.165, 1.54) is 5.57 Å². The van der Waals surface area contributed by atoms with Gasteiger partial charge in [0.2, 0.25) is 0 Å². The van der Waals surface area contributed by atoms with Gasteiger partial charge in [-0.1, -0.05) is 5.57 Å². The molecule has 0 aromatic carbocycles. The zero-order valence-corrected chi connectivity index (χ0v) is 15.2. The quantitative estimate of drug-likeness (QED) is 0.889. The second-order valence-electron chi connectivity index (χ2n) is 7.39. The van der Waals surface area contributed by atoms with Gasteiger partial charge in [0, 0.05) is 18.5 Å². The standard InChI is InChI=1S/C19H23N3O4/c1-19(2,3)26-18(24)22-6-4-12(5-7-22)8-14-9-13-10-15(17(20)23)25-16(13)11-21-14/h8-11H,4-7H2,1-3H3,(H2,20,23). The van der Waals surface area contributed by atoms with Crippen molar-refractivity contribution in [3.05, 3.63) is 35.4 Å². The third-order valence-electron chi connectivity index (χ3n) is 4.08. The summed E-state index contributed by atoms with van der Waals surface area (Å²) in [4.78, 5) is 29.4. The van der Waals surface area contributed by atoms with Crippen LogP contribution in [0.4, 0.5) is 4.79 Å². The Balaban J connectivity index is 1.67. The molecule has 0 saturated carbocycles. The van der Waals surface area contributed by atoms with E-state index in [2.05, 4.69) is 4.98 Å². The second kappa shape index (κ2) is 6.82. The van der Waals surface area contributed by atoms with Crippen molar-refractivity contribution in [3.8, 4) is 0 Å². The van der Waals surface area contributed by atoms with Crippen LogP contribution in [-0.4, -0.2) is 40.6 Å². The molecule has 138 valence electrons. The summed E-state index contributed by atoms with van der Waals surface area (Å²) in [6, 6.07) is 3.48. The predicted molar refractivity (Wildman–Crippen MR) is 97.5 cm³/mol. The Labute approximate surface area is 151 Å². The van der Waals surface area contributed by atoms with Crippen molar-refractivity contribution in [2.24, 2.45) is 5.73 Å². The number of nitrogens with zero attached hydrogens (tertiary/aromatic N) is 2. The summed E-state index contributed by atoms with van der Waals surface area (Å²) in [7, 11) is 0. The van der Waals surface area contributed by atoms with Crippen LogP contribution in [0.15, 0.2) is 28.3 Å². The molecule has 0 unspecified atom stereocenters. The number of hydrogen-bond acceptors (Lipinski definition) is 5. The molecule has 0 spiro atoms. The van der Waals surface area contributed by atoms with Crippen LogP contribution >= 0.6 is 0 Å². The highest BCUT2D eigenvalue weighted by molar-refractivity contribution is 5.95. The fraction of sp³-hybridized carbons (Fsp3) is 0.421. The minimum absolute atomic E-state index is 0.122. The van der Waals surface area contributed by atoms with Crippen LogP contribution in [0.2, 0.25) is 0 Å². The molecule has 7 nitrogen and oxygen atoms in total. The number of carbonyl (C=O) groups excluding carboxylic acids is 2. The van der Waals surface area contributed by atoms with Crippen molar-refractivity contribution >= 4 is 29.0 Å². The highest BCUT2D eigenvalue weighted by atomic mass is 16.6. The fourth-order valence-electron chi connectivity index (χ4n) is 2.82. The molecule has 1 aliphatic heterocycles. The largest absolute Gasteiger partial charge is 0.449 e. The van der Waals surface area contributed by atoms with Gasteiger partial charge in [-0.15, -0.1) is 0 Å². The van der Waals surface area contributed by atoms with Gasteiger partial charge in [0.25, 0.3) is 5.91 Å². The zero-order chi connectivity index (χ0) is 18.9. The number of carbonyl (C=O) groups is 2. The predicted octanol–water partition coefficient (Wildman–Crippen LogP) is 3.34. The lowest BCUT2D eigenvalue weighted by Crippen LogP contribution is -2.40. The maximum atomic E-state index is 12.1. The van der Waals surface area contributed by atoms with Gasteiger partial charge in [-0.25, -0.2) is 4.79 Å². The Kier molecular flexibility index (Phi) is 4.71. The van der Waals surface area contributed by atoms with Crippen molar-refractivity contribution in [1.29, 1.82) is 0 Å². The summed E-state index contributed by atoms with van der Waals surface area (Å²) < 4.78 is 10.7. The van der Waals surface area contributed by atoms with Crippen LogP contribution < -0.4 is 5.73 Å². The highest BCUT2D eigenvalue weighted by Crippen LogP contribution is 2.23. The second-order valence-corrected chi connectivity index (χ2v) is 7.39. The van der Waals surface area contributed by atoms with Crippen LogP contribution in [0.5, 0.6) is 0 Å². The Hall–Kier alpha value is -2.83. The number of ether oxygens (including phenoxy) is 1. The lowest BCUT2D eigenvalue weighted by atomic mass is 10.0. The number of aromatic nitrogens is 1. The van der Waals surface area contributed by atoms with Gasteiger partial charge in [0.1, 0.15) is 5.60 Å². The molecule has 3 heterocycles. The average molecular weight is 357 g/mol. The van der Waals surface area contributed by atoms with Crippen molar-refractivity contribution in [2.45, 2.75) is 39.2 Å². The molecule has 1 saturated heterocycles. The molecule has 26 heavy (non-hydrogen) atoms. The Bertz CT molecular complexity index is 867. The van der Waals surface area contributed by atoms with Gasteiger partial charge in [-0.05, 0) is 51.8 Å². The molecule has 0 radical (unpaired) electrons. The van der Waals surface area contributed by atoms with E-state index in [1.54, 1.807) is 17.2 Å². The van der Waals surface area contributed by atoms with Crippen LogP contribution in [0, 0.1) is 0 Å². The molecule has 1 fully saturated rings. The number of pyridine rings is 1. The lowest BCUT2D eigenvalue weighted by molar-refractivity contribution is 0.0237. The van der Waals surface area contributed by atoms with Gasteiger partial charge >= 0.3 is 6.09 Å². The number of piperidine rings is 1. The van der Waals surface area contributed by atoms with Gasteiger partial charge in [0.05, 0.1) is 11.9 Å². The molecule has 2 N–H and O–H groups in total. The number of likely N-dealkylation sites (tertiary alicyclic amines) is 1. The summed E-state index contributed by atoms with van der Waals surface area (Å²) in [5.74, 6) is -0.479. The third kappa shape index (κ3) is 4.22. The first-order chi connectivity index (χ1) is 12.2. The van der Waals surface area contributed by atoms with E-state index >= 15 is 0 Å². The molecule has 2 amide bonds. The number of amides is 2. The minimum atomic E-state index is -0.601. The molecule has 7 heteroatoms. The van der Waals surface area contributed by atoms with Crippen LogP contribution in [-0.2, 0) is 4.74 Å². The first kappa shape index (κ1) is 18.0. The molecule has 0 bridgehead atoms. The topological polar surface area (TPSA) is 98.7 Å². The smallest absolute Gasteiger partial charge is 0.410 e. The van der Waals surface area contributed by atoms with Crippen molar-refractivity contribution < 1.29 is 18.7 Å². The summed E-state index contributed by atoms with van der Waals surface area (Å²) in [6.45, 7) is 6.84. The van der Waals surface area contributed by atoms with Crippen molar-refractivity contribution in [3.63, 3.8) is 0 Å². The maximum Gasteiger partial charge on any atom is 0.410 e. The Morgan fingerprint density at radius 2 is 1.96 bits per heavy atom. The van der Waals surface area contributed by atoms with Gasteiger partial charge in [-0.2, -0.15) is 0 Å². The van der Waals surface area contributed by atoms with Crippen molar-refractivity contribution in [1.82, 2.24) is 9.88 Å². The minimum Gasteiger partial charge on any atom is -0.449 e. The van der Waals surface area contributed by atoms with Gasteiger partial charge < -0.3 is 19.8 Å². The number of hydrogen-bond donors (Lipinski definition) is 1. The SMILES string of the molecule is CC(C)(C)OC(=O)N1CCC(=Cc2cc3cc(C(N)=O)oc3cn2)CC1. The molecular weight excluding hydrogens is 334 g/mol. The summed E-state index contributed by atoms with van der Waals surface area (Å²) in [5, 5.41) is 0.784. The fourth-order valence-corrected chi connectivity index (χ4v) is 2.82. The number of rotatable bonds is 2. The third-order valence-corrected chi connectivity index (χ3v) is 4.08. The van der Waals surface area contributed by atoms with Gasteiger partial charge in [-0.3, -0.25) is 9.78 Å². The van der Waals surface area contributed by atoms with Crippen LogP contribution in [0.25, 0.3) is 17.0 Å². The average Bonchev–Trinajstić information content (AvgIpc) is 2.97. The van der Waals surface area contributed by atoms with E-state index in [1.807, 2.05) is 32.9 Å². The Morgan fingerprint density at radius 1 is 1.27 bits per heavy atom. The molecule has 3 rings (SSSR count). The number of fused-ring (bicyclic) bond motifs is 1. The molecule has 0 aliphatic carbocycles. The first-order valence-electron chi connectivity index (χ1n) is 8.58. The lowest BCUT2D eigenvalue weighted by Gasteiger charge is -2.31. The van der Waals surface area contributed by atoms with E-state index in [9.17, 15) is 9.59 Å². The maximum absolute atomic E-state index is 12.1. The van der Waals surface area contributed by atoms with Crippen LogP contribution in [0.1, 0.15) is 49.9 Å². The zero-order valence-electron chi connectivity index (χ0n) is 15.2. The molecule has 1 aliphatic rings.